The van der Waals surface area contributed by atoms with Crippen LogP contribution in [0, 0.1) is 0 Å². The molecule has 1 aliphatic rings. The van der Waals surface area contributed by atoms with Crippen LogP contribution in [0.4, 0.5) is 0 Å². The minimum atomic E-state index is -0.552. The van der Waals surface area contributed by atoms with Crippen molar-refractivity contribution in [1.82, 2.24) is 9.97 Å². The summed E-state index contributed by atoms with van der Waals surface area (Å²) >= 11 is 1.58. The average molecular weight is 545 g/mol. The zero-order chi connectivity index (χ0) is 27.2. The number of hydrogen-bond acceptors (Lipinski definition) is 4. The van der Waals surface area contributed by atoms with Crippen molar-refractivity contribution < 1.29 is 4.74 Å². The van der Waals surface area contributed by atoms with Crippen molar-refractivity contribution in [2.45, 2.75) is 5.41 Å². The average Bonchev–Trinajstić information content (AvgIpc) is 3.63. The van der Waals surface area contributed by atoms with Gasteiger partial charge in [-0.25, -0.2) is 4.98 Å². The zero-order valence-corrected chi connectivity index (χ0v) is 22.9. The molecular weight excluding hydrogens is 520 g/mol. The summed E-state index contributed by atoms with van der Waals surface area (Å²) in [6, 6.07) is 46.5. The molecule has 0 aliphatic heterocycles. The van der Waals surface area contributed by atoms with Crippen LogP contribution in [0.3, 0.4) is 0 Å². The van der Waals surface area contributed by atoms with E-state index < -0.39 is 5.41 Å². The van der Waals surface area contributed by atoms with Crippen LogP contribution in [-0.4, -0.2) is 9.97 Å². The number of aromatic nitrogens is 2. The Labute approximate surface area is 242 Å². The van der Waals surface area contributed by atoms with Gasteiger partial charge in [-0.3, -0.25) is 4.98 Å². The van der Waals surface area contributed by atoms with Gasteiger partial charge < -0.3 is 4.74 Å². The summed E-state index contributed by atoms with van der Waals surface area (Å²) in [5.74, 6) is 0.791. The van der Waals surface area contributed by atoms with Gasteiger partial charge in [0.1, 0.15) is 5.75 Å². The second-order valence-corrected chi connectivity index (χ2v) is 11.1. The predicted octanol–water partition coefficient (Wildman–Crippen LogP) is 9.51. The fourth-order valence-corrected chi connectivity index (χ4v) is 6.97. The first kappa shape index (κ1) is 23.8. The highest BCUT2D eigenvalue weighted by Crippen LogP contribution is 2.55. The Kier molecular flexibility index (Phi) is 5.54. The minimum Gasteiger partial charge on any atom is -0.447 e. The maximum atomic E-state index is 6.50. The molecule has 4 heteroatoms. The molecule has 0 spiro atoms. The number of thiophene rings is 1. The molecule has 194 valence electrons. The Balaban J connectivity index is 1.22. The van der Waals surface area contributed by atoms with E-state index in [9.17, 15) is 0 Å². The summed E-state index contributed by atoms with van der Waals surface area (Å²) < 4.78 is 6.50. The molecule has 41 heavy (non-hydrogen) atoms. The van der Waals surface area contributed by atoms with Crippen LogP contribution in [0.25, 0.3) is 33.3 Å². The van der Waals surface area contributed by atoms with E-state index in [0.29, 0.717) is 0 Å². The van der Waals surface area contributed by atoms with Gasteiger partial charge in [0.2, 0.25) is 0 Å². The van der Waals surface area contributed by atoms with E-state index in [2.05, 4.69) is 109 Å². The molecule has 1 aliphatic carbocycles. The quantitative estimate of drug-likeness (QED) is 0.216. The molecule has 0 fully saturated rings. The molecule has 0 bridgehead atoms. The molecule has 3 aromatic heterocycles. The van der Waals surface area contributed by atoms with Crippen LogP contribution < -0.4 is 4.74 Å². The molecule has 0 radical (unpaired) electrons. The van der Waals surface area contributed by atoms with Crippen LogP contribution in [0.15, 0.2) is 145 Å². The fourth-order valence-electron chi connectivity index (χ4n) is 6.19. The lowest BCUT2D eigenvalue weighted by Gasteiger charge is -2.32. The molecule has 0 saturated carbocycles. The van der Waals surface area contributed by atoms with Crippen LogP contribution in [0.5, 0.6) is 10.8 Å². The summed E-state index contributed by atoms with van der Waals surface area (Å²) in [7, 11) is 0. The standard InChI is InChI=1S/C37H24N2OS/c1-6-17-33-25(10-1)19-20-34(39-33)26-22-36(41-24-26)40-28-12-9-11-27(23-28)37(35-18-7-8-21-38-35)31-15-4-2-13-29(31)30-14-3-5-16-32(30)37/h1-24H. The van der Waals surface area contributed by atoms with Crippen molar-refractivity contribution in [3.63, 3.8) is 0 Å². The zero-order valence-electron chi connectivity index (χ0n) is 22.1. The molecule has 0 atom stereocenters. The number of benzene rings is 4. The van der Waals surface area contributed by atoms with E-state index in [1.807, 2.05) is 36.5 Å². The lowest BCUT2D eigenvalue weighted by Crippen LogP contribution is -2.29. The first-order valence-corrected chi connectivity index (χ1v) is 14.5. The molecule has 3 nitrogen and oxygen atoms in total. The van der Waals surface area contributed by atoms with Gasteiger partial charge in [0, 0.05) is 28.6 Å². The molecule has 0 saturated heterocycles. The third-order valence-electron chi connectivity index (χ3n) is 7.96. The molecule has 0 amide bonds. The van der Waals surface area contributed by atoms with Crippen molar-refractivity contribution >= 4 is 22.2 Å². The van der Waals surface area contributed by atoms with Crippen LogP contribution in [0.2, 0.25) is 0 Å². The lowest BCUT2D eigenvalue weighted by molar-refractivity contribution is 0.495. The molecule has 8 rings (SSSR count). The molecular formula is C37H24N2OS. The van der Waals surface area contributed by atoms with Gasteiger partial charge in [-0.15, -0.1) is 11.3 Å². The van der Waals surface area contributed by atoms with Gasteiger partial charge in [-0.05, 0) is 64.2 Å². The highest BCUT2D eigenvalue weighted by Gasteiger charge is 2.47. The number of ether oxygens (including phenoxy) is 1. The number of para-hydroxylation sites is 1. The smallest absolute Gasteiger partial charge is 0.181 e. The number of rotatable bonds is 5. The second-order valence-electron chi connectivity index (χ2n) is 10.2. The maximum Gasteiger partial charge on any atom is 0.181 e. The Hall–Kier alpha value is -5.06. The number of hydrogen-bond donors (Lipinski definition) is 0. The second kappa shape index (κ2) is 9.54. The third-order valence-corrected chi connectivity index (χ3v) is 8.76. The molecule has 0 unspecified atom stereocenters. The van der Waals surface area contributed by atoms with E-state index in [-0.39, 0.29) is 0 Å². The highest BCUT2D eigenvalue weighted by molar-refractivity contribution is 7.12. The summed E-state index contributed by atoms with van der Waals surface area (Å²) in [4.78, 5) is 9.80. The van der Waals surface area contributed by atoms with Crippen molar-refractivity contribution in [3.05, 3.63) is 167 Å². The van der Waals surface area contributed by atoms with Gasteiger partial charge in [-0.1, -0.05) is 91.0 Å². The number of nitrogens with zero attached hydrogens (tertiary/aromatic N) is 2. The van der Waals surface area contributed by atoms with Gasteiger partial charge in [0.15, 0.2) is 5.06 Å². The number of fused-ring (bicyclic) bond motifs is 4. The largest absolute Gasteiger partial charge is 0.447 e. The van der Waals surface area contributed by atoms with Gasteiger partial charge in [-0.2, -0.15) is 0 Å². The monoisotopic (exact) mass is 544 g/mol. The predicted molar refractivity (Wildman–Crippen MR) is 167 cm³/mol. The normalized spacial score (nSPS) is 13.1. The Morgan fingerprint density at radius 1 is 0.634 bits per heavy atom. The Bertz CT molecular complexity index is 2000. The van der Waals surface area contributed by atoms with Gasteiger partial charge >= 0.3 is 0 Å². The SMILES string of the molecule is c1ccc(C2(c3cccc(Oc4cc(-c5ccc6ccccc6n5)cs4)c3)c3ccccc3-c3ccccc32)nc1. The summed E-state index contributed by atoms with van der Waals surface area (Å²) in [6.45, 7) is 0. The Morgan fingerprint density at radius 2 is 1.39 bits per heavy atom. The molecule has 3 heterocycles. The molecule has 4 aromatic carbocycles. The summed E-state index contributed by atoms with van der Waals surface area (Å²) in [5.41, 5.74) is 9.50. The number of pyridine rings is 2. The van der Waals surface area contributed by atoms with Crippen LogP contribution >= 0.6 is 11.3 Å². The van der Waals surface area contributed by atoms with Gasteiger partial charge in [0.05, 0.1) is 22.3 Å². The maximum absolute atomic E-state index is 6.50. The molecule has 7 aromatic rings. The topological polar surface area (TPSA) is 35.0 Å². The minimum absolute atomic E-state index is 0.552. The van der Waals surface area contributed by atoms with E-state index in [4.69, 9.17) is 14.7 Å². The molecule has 0 N–H and O–H groups in total. The van der Waals surface area contributed by atoms with E-state index in [1.165, 1.54) is 22.3 Å². The summed E-state index contributed by atoms with van der Waals surface area (Å²) in [6.07, 6.45) is 1.88. The summed E-state index contributed by atoms with van der Waals surface area (Å²) in [5, 5.41) is 4.07. The Morgan fingerprint density at radius 3 is 2.20 bits per heavy atom. The third kappa shape index (κ3) is 3.80. The first-order chi connectivity index (χ1) is 20.3. The van der Waals surface area contributed by atoms with E-state index >= 15 is 0 Å². The van der Waals surface area contributed by atoms with Crippen molar-refractivity contribution in [2.24, 2.45) is 0 Å². The van der Waals surface area contributed by atoms with Gasteiger partial charge in [0.25, 0.3) is 0 Å². The van der Waals surface area contributed by atoms with E-state index in [0.717, 1.165) is 44.2 Å². The first-order valence-electron chi connectivity index (χ1n) is 13.6. The van der Waals surface area contributed by atoms with Crippen LogP contribution in [-0.2, 0) is 5.41 Å². The fraction of sp³-hybridized carbons (Fsp3) is 0.0270. The lowest BCUT2D eigenvalue weighted by atomic mass is 9.70. The van der Waals surface area contributed by atoms with E-state index in [1.54, 1.807) is 11.3 Å². The van der Waals surface area contributed by atoms with Crippen molar-refractivity contribution in [2.75, 3.05) is 0 Å². The van der Waals surface area contributed by atoms with Crippen LogP contribution in [0.1, 0.15) is 22.4 Å². The van der Waals surface area contributed by atoms with Crippen molar-refractivity contribution in [3.8, 4) is 33.2 Å². The van der Waals surface area contributed by atoms with Crippen molar-refractivity contribution in [1.29, 1.82) is 0 Å². The highest BCUT2D eigenvalue weighted by atomic mass is 32.1.